The van der Waals surface area contributed by atoms with Gasteiger partial charge in [0.05, 0.1) is 24.4 Å². The molecule has 0 aliphatic carbocycles. The molecule has 1 aliphatic rings. The van der Waals surface area contributed by atoms with E-state index in [9.17, 15) is 4.79 Å². The highest BCUT2D eigenvalue weighted by Crippen LogP contribution is 2.10. The molecule has 1 amide bonds. The maximum atomic E-state index is 11.9. The van der Waals surface area contributed by atoms with Crippen LogP contribution in [0.4, 0.5) is 5.82 Å². The van der Waals surface area contributed by atoms with Gasteiger partial charge in [-0.05, 0) is 26.0 Å². The summed E-state index contributed by atoms with van der Waals surface area (Å²) >= 11 is 0. The largest absolute Gasteiger partial charge is 0.383 e. The van der Waals surface area contributed by atoms with Gasteiger partial charge in [-0.25, -0.2) is 4.98 Å². The zero-order chi connectivity index (χ0) is 17.4. The molecule has 1 saturated heterocycles. The molecule has 2 heterocycles. The Hall–Kier alpha value is -1.70. The Morgan fingerprint density at radius 2 is 2.08 bits per heavy atom. The van der Waals surface area contributed by atoms with Crippen molar-refractivity contribution >= 4 is 11.7 Å². The summed E-state index contributed by atoms with van der Waals surface area (Å²) in [4.78, 5) is 18.6. The fourth-order valence-electron chi connectivity index (χ4n) is 2.81. The molecule has 0 bridgehead atoms. The summed E-state index contributed by atoms with van der Waals surface area (Å²) in [6.45, 7) is 8.87. The van der Waals surface area contributed by atoms with Gasteiger partial charge in [0.15, 0.2) is 0 Å². The van der Waals surface area contributed by atoms with Gasteiger partial charge in [-0.2, -0.15) is 0 Å². The average Bonchev–Trinajstić information content (AvgIpc) is 2.55. The van der Waals surface area contributed by atoms with Crippen molar-refractivity contribution in [1.82, 2.24) is 15.2 Å². The van der Waals surface area contributed by atoms with E-state index in [1.165, 1.54) is 0 Å². The molecule has 1 fully saturated rings. The van der Waals surface area contributed by atoms with Crippen molar-refractivity contribution in [2.45, 2.75) is 26.1 Å². The third kappa shape index (κ3) is 6.07. The first-order valence-electron chi connectivity index (χ1n) is 8.43. The number of morpholine rings is 1. The van der Waals surface area contributed by atoms with Gasteiger partial charge in [0.2, 0.25) is 0 Å². The zero-order valence-corrected chi connectivity index (χ0v) is 14.7. The van der Waals surface area contributed by atoms with E-state index in [2.05, 4.69) is 34.4 Å². The summed E-state index contributed by atoms with van der Waals surface area (Å²) in [5.41, 5.74) is 0.549. The molecule has 2 N–H and O–H groups in total. The number of pyridine rings is 1. The Labute approximate surface area is 143 Å². The number of hydrogen-bond acceptors (Lipinski definition) is 6. The van der Waals surface area contributed by atoms with Gasteiger partial charge < -0.3 is 20.1 Å². The lowest BCUT2D eigenvalue weighted by atomic mass is 10.2. The van der Waals surface area contributed by atoms with Gasteiger partial charge in [0, 0.05) is 46.0 Å². The van der Waals surface area contributed by atoms with Gasteiger partial charge in [-0.15, -0.1) is 0 Å². The molecule has 1 aromatic heterocycles. The minimum Gasteiger partial charge on any atom is -0.383 e. The molecule has 0 saturated carbocycles. The number of amides is 1. The SMILES string of the molecule is COCCNC(=O)c1ccc(NCCN2CC(C)OC(C)C2)nc1. The van der Waals surface area contributed by atoms with Crippen molar-refractivity contribution in [2.24, 2.45) is 0 Å². The van der Waals surface area contributed by atoms with E-state index in [1.807, 2.05) is 6.07 Å². The second-order valence-corrected chi connectivity index (χ2v) is 6.12. The second kappa shape index (κ2) is 9.56. The second-order valence-electron chi connectivity index (χ2n) is 6.12. The highest BCUT2D eigenvalue weighted by atomic mass is 16.5. The van der Waals surface area contributed by atoms with Crippen LogP contribution in [0, 0.1) is 0 Å². The zero-order valence-electron chi connectivity index (χ0n) is 14.7. The van der Waals surface area contributed by atoms with Gasteiger partial charge in [0.1, 0.15) is 5.82 Å². The smallest absolute Gasteiger partial charge is 0.252 e. The van der Waals surface area contributed by atoms with Crippen LogP contribution in [0.3, 0.4) is 0 Å². The highest BCUT2D eigenvalue weighted by molar-refractivity contribution is 5.94. The van der Waals surface area contributed by atoms with E-state index in [1.54, 1.807) is 19.4 Å². The van der Waals surface area contributed by atoms with Crippen LogP contribution in [0.25, 0.3) is 0 Å². The summed E-state index contributed by atoms with van der Waals surface area (Å²) in [5, 5.41) is 6.07. The van der Waals surface area contributed by atoms with E-state index in [0.717, 1.165) is 32.0 Å². The molecular formula is C17H28N4O3. The number of nitrogens with zero attached hydrogens (tertiary/aromatic N) is 2. The molecule has 1 aromatic rings. The number of methoxy groups -OCH3 is 1. The summed E-state index contributed by atoms with van der Waals surface area (Å²) in [7, 11) is 1.60. The lowest BCUT2D eigenvalue weighted by Gasteiger charge is -2.35. The minimum absolute atomic E-state index is 0.137. The fourth-order valence-corrected chi connectivity index (χ4v) is 2.81. The summed E-state index contributed by atoms with van der Waals surface area (Å²) in [6.07, 6.45) is 2.15. The molecule has 2 unspecified atom stereocenters. The van der Waals surface area contributed by atoms with Crippen molar-refractivity contribution in [1.29, 1.82) is 0 Å². The van der Waals surface area contributed by atoms with E-state index >= 15 is 0 Å². The molecular weight excluding hydrogens is 308 g/mol. The van der Waals surface area contributed by atoms with Crippen molar-refractivity contribution in [3.05, 3.63) is 23.9 Å². The van der Waals surface area contributed by atoms with Crippen molar-refractivity contribution < 1.29 is 14.3 Å². The maximum Gasteiger partial charge on any atom is 0.252 e. The van der Waals surface area contributed by atoms with Crippen LogP contribution in [0.2, 0.25) is 0 Å². The molecule has 2 rings (SSSR count). The summed E-state index contributed by atoms with van der Waals surface area (Å²) in [6, 6.07) is 3.60. The first kappa shape index (κ1) is 18.6. The number of anilines is 1. The molecule has 0 aromatic carbocycles. The molecule has 7 nitrogen and oxygen atoms in total. The number of nitrogens with one attached hydrogen (secondary N) is 2. The van der Waals surface area contributed by atoms with Gasteiger partial charge in [-0.1, -0.05) is 0 Å². The van der Waals surface area contributed by atoms with Crippen LogP contribution in [0.15, 0.2) is 18.3 Å². The molecule has 1 aliphatic heterocycles. The van der Waals surface area contributed by atoms with Crippen LogP contribution in [0.5, 0.6) is 0 Å². The van der Waals surface area contributed by atoms with Gasteiger partial charge in [-0.3, -0.25) is 9.69 Å². The van der Waals surface area contributed by atoms with Crippen molar-refractivity contribution in [2.75, 3.05) is 51.8 Å². The monoisotopic (exact) mass is 336 g/mol. The molecule has 0 spiro atoms. The topological polar surface area (TPSA) is 75.7 Å². The van der Waals surface area contributed by atoms with E-state index in [4.69, 9.17) is 9.47 Å². The Morgan fingerprint density at radius 3 is 2.71 bits per heavy atom. The van der Waals surface area contributed by atoms with E-state index < -0.39 is 0 Å². The highest BCUT2D eigenvalue weighted by Gasteiger charge is 2.21. The third-order valence-corrected chi connectivity index (χ3v) is 3.85. The molecule has 7 heteroatoms. The fraction of sp³-hybridized carbons (Fsp3) is 0.647. The Morgan fingerprint density at radius 1 is 1.33 bits per heavy atom. The van der Waals surface area contributed by atoms with Crippen LogP contribution in [-0.4, -0.2) is 74.4 Å². The predicted molar refractivity (Wildman–Crippen MR) is 93.4 cm³/mol. The molecule has 134 valence electrons. The minimum atomic E-state index is -0.137. The number of ether oxygens (including phenoxy) is 2. The third-order valence-electron chi connectivity index (χ3n) is 3.85. The van der Waals surface area contributed by atoms with Crippen LogP contribution < -0.4 is 10.6 Å². The summed E-state index contributed by atoms with van der Waals surface area (Å²) < 4.78 is 10.6. The lowest BCUT2D eigenvalue weighted by Crippen LogP contribution is -2.46. The Bertz CT molecular complexity index is 499. The summed E-state index contributed by atoms with van der Waals surface area (Å²) in [5.74, 6) is 0.639. The number of aromatic nitrogens is 1. The quantitative estimate of drug-likeness (QED) is 0.689. The molecule has 0 radical (unpaired) electrons. The maximum absolute atomic E-state index is 11.9. The number of rotatable bonds is 8. The molecule has 24 heavy (non-hydrogen) atoms. The predicted octanol–water partition coefficient (Wildman–Crippen LogP) is 0.979. The van der Waals surface area contributed by atoms with E-state index in [0.29, 0.717) is 18.7 Å². The Kier molecular flexibility index (Phi) is 7.42. The Balaban J connectivity index is 1.72. The average molecular weight is 336 g/mol. The van der Waals surface area contributed by atoms with Crippen LogP contribution >= 0.6 is 0 Å². The molecule has 2 atom stereocenters. The number of carbonyl (C=O) groups excluding carboxylic acids is 1. The van der Waals surface area contributed by atoms with E-state index in [-0.39, 0.29) is 18.1 Å². The van der Waals surface area contributed by atoms with Gasteiger partial charge >= 0.3 is 0 Å². The first-order valence-corrected chi connectivity index (χ1v) is 8.43. The standard InChI is InChI=1S/C17H28N4O3/c1-13-11-21(12-14(2)24-13)8-6-18-16-5-4-15(10-20-16)17(22)19-7-9-23-3/h4-5,10,13-14H,6-9,11-12H2,1-3H3,(H,18,20)(H,19,22). The lowest BCUT2D eigenvalue weighted by molar-refractivity contribution is -0.0667. The number of carbonyl (C=O) groups is 1. The van der Waals surface area contributed by atoms with Gasteiger partial charge in [0.25, 0.3) is 5.91 Å². The first-order chi connectivity index (χ1) is 11.6. The normalized spacial score (nSPS) is 21.5. The van der Waals surface area contributed by atoms with Crippen LogP contribution in [-0.2, 0) is 9.47 Å². The van der Waals surface area contributed by atoms with Crippen LogP contribution in [0.1, 0.15) is 24.2 Å². The van der Waals surface area contributed by atoms with Crippen molar-refractivity contribution in [3.8, 4) is 0 Å². The number of hydrogen-bond donors (Lipinski definition) is 2. The van der Waals surface area contributed by atoms with Crippen molar-refractivity contribution in [3.63, 3.8) is 0 Å².